The molecule has 0 saturated heterocycles. The number of hydrogen-bond acceptors (Lipinski definition) is 2. The van der Waals surface area contributed by atoms with E-state index in [2.05, 4.69) is 0 Å². The van der Waals surface area contributed by atoms with Crippen LogP contribution in [0.5, 0.6) is 0 Å². The van der Waals surface area contributed by atoms with E-state index in [1.165, 1.54) is 0 Å². The van der Waals surface area contributed by atoms with Gasteiger partial charge in [0, 0.05) is 6.42 Å². The predicted octanol–water partition coefficient (Wildman–Crippen LogP) is 1.27. The molecule has 0 radical (unpaired) electrons. The van der Waals surface area contributed by atoms with Crippen molar-refractivity contribution in [2.24, 2.45) is 0 Å². The Kier molecular flexibility index (Phi) is 2.71. The van der Waals surface area contributed by atoms with Crippen LogP contribution in [-0.2, 0) is 0 Å². The van der Waals surface area contributed by atoms with E-state index in [1.54, 1.807) is 0 Å². The highest BCUT2D eigenvalue weighted by atomic mass is 19.3. The lowest BCUT2D eigenvalue weighted by atomic mass is 10.1. The Morgan fingerprint density at radius 3 is 1.42 bits per heavy atom. The van der Waals surface area contributed by atoms with Crippen molar-refractivity contribution in [1.82, 2.24) is 0 Å². The first-order chi connectivity index (χ1) is 5.06. The molecule has 0 aliphatic carbocycles. The van der Waals surface area contributed by atoms with Crippen LogP contribution >= 0.6 is 0 Å². The zero-order valence-electron chi connectivity index (χ0n) is 5.99. The molecular formula is C5H7F5O2. The van der Waals surface area contributed by atoms with Crippen LogP contribution in [0.2, 0.25) is 0 Å². The fourth-order valence-electron chi connectivity index (χ4n) is 0.455. The van der Waals surface area contributed by atoms with Crippen LogP contribution in [0.4, 0.5) is 22.0 Å². The zero-order chi connectivity index (χ0) is 10.2. The average Bonchev–Trinajstić information content (AvgIpc) is 1.85. The van der Waals surface area contributed by atoms with Crippen LogP contribution in [0.15, 0.2) is 0 Å². The van der Waals surface area contributed by atoms with Crippen LogP contribution < -0.4 is 0 Å². The van der Waals surface area contributed by atoms with Gasteiger partial charge in [-0.15, -0.1) is 0 Å². The number of rotatable bonds is 3. The molecule has 12 heavy (non-hydrogen) atoms. The molecule has 74 valence electrons. The summed E-state index contributed by atoms with van der Waals surface area (Å²) >= 11 is 0. The second-order valence-electron chi connectivity index (χ2n) is 2.22. The summed E-state index contributed by atoms with van der Waals surface area (Å²) < 4.78 is 60.1. The summed E-state index contributed by atoms with van der Waals surface area (Å²) in [5.41, 5.74) is 0. The highest BCUT2D eigenvalue weighted by Gasteiger charge is 2.69. The van der Waals surface area contributed by atoms with E-state index in [0.29, 0.717) is 6.92 Å². The molecule has 0 aromatic rings. The monoisotopic (exact) mass is 194 g/mol. The molecule has 0 saturated carbocycles. The summed E-state index contributed by atoms with van der Waals surface area (Å²) in [5.74, 6) is -10.3. The van der Waals surface area contributed by atoms with Crippen LogP contribution in [0.1, 0.15) is 13.3 Å². The number of alkyl halides is 5. The van der Waals surface area contributed by atoms with Crippen molar-refractivity contribution in [3.63, 3.8) is 0 Å². The number of hydrogen-bond donors (Lipinski definition) is 2. The Morgan fingerprint density at radius 2 is 1.33 bits per heavy atom. The Bertz CT molecular complexity index is 162. The molecule has 7 heteroatoms. The molecule has 0 amide bonds. The quantitative estimate of drug-likeness (QED) is 0.524. The minimum atomic E-state index is -5.51. The van der Waals surface area contributed by atoms with Crippen LogP contribution in [0, 0.1) is 0 Å². The maximum Gasteiger partial charge on any atom is 0.393 e. The summed E-state index contributed by atoms with van der Waals surface area (Å²) in [5, 5.41) is 15.3. The van der Waals surface area contributed by atoms with Crippen molar-refractivity contribution >= 4 is 0 Å². The average molecular weight is 194 g/mol. The molecule has 0 bridgehead atoms. The van der Waals surface area contributed by atoms with E-state index < -0.39 is 24.3 Å². The molecule has 0 unspecified atom stereocenters. The molecule has 0 atom stereocenters. The largest absolute Gasteiger partial charge is 0.393 e. The fraction of sp³-hybridized carbons (Fsp3) is 1.00. The lowest BCUT2D eigenvalue weighted by molar-refractivity contribution is -0.414. The van der Waals surface area contributed by atoms with Gasteiger partial charge in [0.05, 0.1) is 0 Å². The second kappa shape index (κ2) is 2.81. The third-order valence-electron chi connectivity index (χ3n) is 1.30. The second-order valence-corrected chi connectivity index (χ2v) is 2.22. The number of aliphatic hydroxyl groups is 2. The summed E-state index contributed by atoms with van der Waals surface area (Å²) in [6.45, 7) is 0.666. The molecule has 0 heterocycles. The smallest absolute Gasteiger partial charge is 0.335 e. The van der Waals surface area contributed by atoms with Gasteiger partial charge in [-0.25, -0.2) is 0 Å². The standard InChI is InChI=1S/C5H7F5O2/c1-2-3(6,7)4(8,9)5(10,11)12/h11-12H,2H2,1H3. The zero-order valence-corrected chi connectivity index (χ0v) is 5.99. The van der Waals surface area contributed by atoms with E-state index >= 15 is 0 Å². The number of halogens is 5. The third kappa shape index (κ3) is 1.66. The Morgan fingerprint density at radius 1 is 1.00 bits per heavy atom. The van der Waals surface area contributed by atoms with Gasteiger partial charge in [0.1, 0.15) is 0 Å². The van der Waals surface area contributed by atoms with Crippen molar-refractivity contribution < 1.29 is 32.2 Å². The molecule has 0 aromatic carbocycles. The van der Waals surface area contributed by atoms with Crippen molar-refractivity contribution in [1.29, 1.82) is 0 Å². The molecule has 0 spiro atoms. The van der Waals surface area contributed by atoms with Gasteiger partial charge in [-0.05, 0) is 0 Å². The van der Waals surface area contributed by atoms with Gasteiger partial charge in [0.15, 0.2) is 0 Å². The van der Waals surface area contributed by atoms with Crippen LogP contribution in [0.3, 0.4) is 0 Å². The van der Waals surface area contributed by atoms with Crippen LogP contribution in [-0.4, -0.2) is 28.1 Å². The van der Waals surface area contributed by atoms with Gasteiger partial charge in [0.25, 0.3) is 0 Å². The summed E-state index contributed by atoms with van der Waals surface area (Å²) in [4.78, 5) is 0. The van der Waals surface area contributed by atoms with Crippen molar-refractivity contribution in [3.05, 3.63) is 0 Å². The Labute approximate surface area is 64.6 Å². The maximum absolute atomic E-state index is 12.1. The fourth-order valence-corrected chi connectivity index (χ4v) is 0.455. The van der Waals surface area contributed by atoms with Gasteiger partial charge < -0.3 is 10.2 Å². The molecular weight excluding hydrogens is 187 g/mol. The normalized spacial score (nSPS) is 15.0. The topological polar surface area (TPSA) is 40.5 Å². The summed E-state index contributed by atoms with van der Waals surface area (Å²) in [6.07, 6.45) is -1.40. The van der Waals surface area contributed by atoms with E-state index in [-0.39, 0.29) is 0 Å². The van der Waals surface area contributed by atoms with E-state index in [0.717, 1.165) is 0 Å². The van der Waals surface area contributed by atoms with Crippen molar-refractivity contribution in [2.45, 2.75) is 31.2 Å². The van der Waals surface area contributed by atoms with Gasteiger partial charge in [-0.3, -0.25) is 0 Å². The van der Waals surface area contributed by atoms with E-state index in [9.17, 15) is 22.0 Å². The highest BCUT2D eigenvalue weighted by molar-refractivity contribution is 4.89. The van der Waals surface area contributed by atoms with Crippen molar-refractivity contribution in [2.75, 3.05) is 0 Å². The molecule has 0 rings (SSSR count). The highest BCUT2D eigenvalue weighted by Crippen LogP contribution is 2.43. The first-order valence-electron chi connectivity index (χ1n) is 2.95. The SMILES string of the molecule is CCC(F)(F)C(F)(F)C(O)(O)F. The molecule has 2 nitrogen and oxygen atoms in total. The van der Waals surface area contributed by atoms with Gasteiger partial charge in [-0.2, -0.15) is 22.0 Å². The molecule has 0 aliphatic heterocycles. The first kappa shape index (κ1) is 11.6. The maximum atomic E-state index is 12.1. The minimum absolute atomic E-state index is 0.666. The third-order valence-corrected chi connectivity index (χ3v) is 1.30. The van der Waals surface area contributed by atoms with Gasteiger partial charge in [0.2, 0.25) is 0 Å². The predicted molar refractivity (Wildman–Crippen MR) is 28.5 cm³/mol. The van der Waals surface area contributed by atoms with Gasteiger partial charge >= 0.3 is 17.9 Å². The Balaban J connectivity index is 4.85. The molecule has 0 aliphatic rings. The van der Waals surface area contributed by atoms with Crippen molar-refractivity contribution in [3.8, 4) is 0 Å². The van der Waals surface area contributed by atoms with E-state index in [1.807, 2.05) is 0 Å². The van der Waals surface area contributed by atoms with Gasteiger partial charge in [-0.1, -0.05) is 6.92 Å². The Hall–Kier alpha value is -0.430. The molecule has 2 N–H and O–H groups in total. The lowest BCUT2D eigenvalue weighted by Gasteiger charge is -2.29. The minimum Gasteiger partial charge on any atom is -0.335 e. The summed E-state index contributed by atoms with van der Waals surface area (Å²) in [7, 11) is 0. The lowest BCUT2D eigenvalue weighted by Crippen LogP contribution is -2.56. The van der Waals surface area contributed by atoms with Crippen LogP contribution in [0.25, 0.3) is 0 Å². The summed E-state index contributed by atoms with van der Waals surface area (Å²) in [6, 6.07) is -5.20. The molecule has 0 aromatic heterocycles. The van der Waals surface area contributed by atoms with E-state index in [4.69, 9.17) is 10.2 Å². The molecule has 0 fully saturated rings. The first-order valence-corrected chi connectivity index (χ1v) is 2.95.